The van der Waals surface area contributed by atoms with E-state index in [-0.39, 0.29) is 16.3 Å². The Kier molecular flexibility index (Phi) is 4.66. The first-order valence-electron chi connectivity index (χ1n) is 7.27. The molecule has 1 aromatic heterocycles. The van der Waals surface area contributed by atoms with Crippen LogP contribution in [0.4, 0.5) is 5.69 Å². The number of ether oxygens (including phenoxy) is 1. The van der Waals surface area contributed by atoms with Crippen molar-refractivity contribution in [1.82, 2.24) is 4.98 Å². The fraction of sp³-hybridized carbons (Fsp3) is 0.294. The third-order valence-electron chi connectivity index (χ3n) is 3.11. The molecule has 2 rings (SSSR count). The molecule has 2 N–H and O–H groups in total. The number of benzene rings is 1. The molecule has 0 spiro atoms. The Bertz CT molecular complexity index is 884. The second-order valence-electron chi connectivity index (χ2n) is 6.43. The van der Waals surface area contributed by atoms with E-state index in [9.17, 15) is 13.2 Å². The molecular formula is C17H20N2O4S. The Balaban J connectivity index is 2.47. The molecule has 2 aromatic rings. The lowest BCUT2D eigenvalue weighted by atomic mass is 10.1. The van der Waals surface area contributed by atoms with Crippen LogP contribution in [0, 0.1) is 0 Å². The van der Waals surface area contributed by atoms with Crippen LogP contribution < -0.4 is 5.73 Å². The van der Waals surface area contributed by atoms with E-state index in [1.54, 1.807) is 39.0 Å². The van der Waals surface area contributed by atoms with E-state index in [1.165, 1.54) is 18.3 Å². The van der Waals surface area contributed by atoms with Crippen LogP contribution in [0.5, 0.6) is 0 Å². The third-order valence-corrected chi connectivity index (χ3v) is 4.26. The van der Waals surface area contributed by atoms with Crippen molar-refractivity contribution in [2.45, 2.75) is 31.3 Å². The number of hydrogen-bond acceptors (Lipinski definition) is 6. The lowest BCUT2D eigenvalue weighted by Gasteiger charge is -2.19. The van der Waals surface area contributed by atoms with Crippen LogP contribution in [-0.2, 0) is 14.6 Å². The monoisotopic (exact) mass is 348 g/mol. The summed E-state index contributed by atoms with van der Waals surface area (Å²) in [6.45, 7) is 5.24. The molecule has 0 saturated carbocycles. The summed E-state index contributed by atoms with van der Waals surface area (Å²) in [7, 11) is -3.41. The van der Waals surface area contributed by atoms with Crippen molar-refractivity contribution in [2.24, 2.45) is 0 Å². The number of hydrogen-bond donors (Lipinski definition) is 1. The highest BCUT2D eigenvalue weighted by atomic mass is 32.2. The number of nitrogens with two attached hydrogens (primary N) is 1. The smallest absolute Gasteiger partial charge is 0.359 e. The molecule has 128 valence electrons. The van der Waals surface area contributed by atoms with Gasteiger partial charge in [-0.1, -0.05) is 18.2 Å². The summed E-state index contributed by atoms with van der Waals surface area (Å²) >= 11 is 0. The molecule has 0 radical (unpaired) electrons. The van der Waals surface area contributed by atoms with Crippen molar-refractivity contribution < 1.29 is 17.9 Å². The average Bonchev–Trinajstić information content (AvgIpc) is 2.44. The highest BCUT2D eigenvalue weighted by Crippen LogP contribution is 2.29. The van der Waals surface area contributed by atoms with Gasteiger partial charge in [-0.25, -0.2) is 18.2 Å². The number of anilines is 1. The predicted octanol–water partition coefficient (Wildman–Crippen LogP) is 2.69. The molecule has 0 amide bonds. The van der Waals surface area contributed by atoms with Gasteiger partial charge >= 0.3 is 5.97 Å². The second kappa shape index (κ2) is 6.24. The van der Waals surface area contributed by atoms with Crippen molar-refractivity contribution in [1.29, 1.82) is 0 Å². The zero-order valence-corrected chi connectivity index (χ0v) is 14.8. The van der Waals surface area contributed by atoms with Crippen LogP contribution in [0.2, 0.25) is 0 Å². The largest absolute Gasteiger partial charge is 0.455 e. The second-order valence-corrected chi connectivity index (χ2v) is 8.42. The van der Waals surface area contributed by atoms with E-state index in [2.05, 4.69) is 4.98 Å². The average molecular weight is 348 g/mol. The number of sulfone groups is 1. The summed E-state index contributed by atoms with van der Waals surface area (Å²) < 4.78 is 29.1. The molecule has 7 heteroatoms. The Labute approximate surface area is 141 Å². The first kappa shape index (κ1) is 17.9. The van der Waals surface area contributed by atoms with Gasteiger partial charge in [0.15, 0.2) is 15.5 Å². The minimum Gasteiger partial charge on any atom is -0.455 e. The van der Waals surface area contributed by atoms with Crippen LogP contribution >= 0.6 is 0 Å². The SMILES string of the molecule is CC(C)(C)OC(=O)c1ncc(-c2ccccc2S(C)(=O)=O)cc1N. The van der Waals surface area contributed by atoms with E-state index in [0.29, 0.717) is 11.1 Å². The van der Waals surface area contributed by atoms with E-state index in [1.807, 2.05) is 0 Å². The van der Waals surface area contributed by atoms with Gasteiger partial charge in [0.05, 0.1) is 10.6 Å². The van der Waals surface area contributed by atoms with Crippen LogP contribution in [-0.4, -0.2) is 31.2 Å². The molecule has 24 heavy (non-hydrogen) atoms. The summed E-state index contributed by atoms with van der Waals surface area (Å²) in [5, 5.41) is 0. The molecule has 1 heterocycles. The summed E-state index contributed by atoms with van der Waals surface area (Å²) in [5.41, 5.74) is 6.40. The fourth-order valence-corrected chi connectivity index (χ4v) is 3.07. The first-order valence-corrected chi connectivity index (χ1v) is 9.16. The Morgan fingerprint density at radius 1 is 1.21 bits per heavy atom. The molecule has 0 aliphatic carbocycles. The van der Waals surface area contributed by atoms with Crippen molar-refractivity contribution in [3.63, 3.8) is 0 Å². The topological polar surface area (TPSA) is 99.3 Å². The van der Waals surface area contributed by atoms with Gasteiger partial charge in [-0.15, -0.1) is 0 Å². The molecule has 0 fully saturated rings. The van der Waals surface area contributed by atoms with Gasteiger partial charge < -0.3 is 10.5 Å². The number of pyridine rings is 1. The highest BCUT2D eigenvalue weighted by Gasteiger charge is 2.22. The van der Waals surface area contributed by atoms with Crippen LogP contribution in [0.1, 0.15) is 31.3 Å². The molecule has 0 aliphatic heterocycles. The van der Waals surface area contributed by atoms with Gasteiger partial charge in [-0.05, 0) is 32.9 Å². The van der Waals surface area contributed by atoms with Crippen molar-refractivity contribution in [3.8, 4) is 11.1 Å². The zero-order chi connectivity index (χ0) is 18.1. The number of nitrogens with zero attached hydrogens (tertiary/aromatic N) is 1. The molecule has 6 nitrogen and oxygen atoms in total. The molecule has 1 aromatic carbocycles. The number of aromatic nitrogens is 1. The maximum absolute atomic E-state index is 12.1. The molecule has 0 saturated heterocycles. The maximum atomic E-state index is 12.1. The first-order chi connectivity index (χ1) is 11.0. The molecule has 0 unspecified atom stereocenters. The standard InChI is InChI=1S/C17H20N2O4S/c1-17(2,3)23-16(20)15-13(18)9-11(10-19-15)12-7-5-6-8-14(12)24(4,21)22/h5-10H,18H2,1-4H3. The van der Waals surface area contributed by atoms with Crippen LogP contribution in [0.3, 0.4) is 0 Å². The third kappa shape index (κ3) is 4.11. The van der Waals surface area contributed by atoms with Gasteiger partial charge in [-0.3, -0.25) is 0 Å². The molecule has 0 atom stereocenters. The number of esters is 1. The van der Waals surface area contributed by atoms with Gasteiger partial charge in [-0.2, -0.15) is 0 Å². The van der Waals surface area contributed by atoms with Crippen molar-refractivity contribution in [2.75, 3.05) is 12.0 Å². The van der Waals surface area contributed by atoms with Gasteiger partial charge in [0, 0.05) is 23.6 Å². The lowest BCUT2D eigenvalue weighted by molar-refractivity contribution is 0.00642. The lowest BCUT2D eigenvalue weighted by Crippen LogP contribution is -2.25. The fourth-order valence-electron chi connectivity index (χ4n) is 2.15. The predicted molar refractivity (Wildman–Crippen MR) is 92.4 cm³/mol. The number of carbonyl (C=O) groups excluding carboxylic acids is 1. The van der Waals surface area contributed by atoms with E-state index in [4.69, 9.17) is 10.5 Å². The number of nitrogen functional groups attached to an aromatic ring is 1. The van der Waals surface area contributed by atoms with Crippen molar-refractivity contribution >= 4 is 21.5 Å². The van der Waals surface area contributed by atoms with Gasteiger partial charge in [0.25, 0.3) is 0 Å². The molecule has 0 aliphatic rings. The van der Waals surface area contributed by atoms with Crippen molar-refractivity contribution in [3.05, 3.63) is 42.2 Å². The van der Waals surface area contributed by atoms with E-state index < -0.39 is 21.4 Å². The summed E-state index contributed by atoms with van der Waals surface area (Å²) in [5.74, 6) is -0.622. The normalized spacial score (nSPS) is 12.0. The van der Waals surface area contributed by atoms with Gasteiger partial charge in [0.2, 0.25) is 0 Å². The van der Waals surface area contributed by atoms with E-state index >= 15 is 0 Å². The quantitative estimate of drug-likeness (QED) is 0.856. The minimum atomic E-state index is -3.41. The zero-order valence-electron chi connectivity index (χ0n) is 14.0. The summed E-state index contributed by atoms with van der Waals surface area (Å²) in [4.78, 5) is 16.3. The summed E-state index contributed by atoms with van der Waals surface area (Å²) in [6.07, 6.45) is 2.55. The highest BCUT2D eigenvalue weighted by molar-refractivity contribution is 7.90. The Hall–Kier alpha value is -2.41. The number of carbonyl (C=O) groups is 1. The summed E-state index contributed by atoms with van der Waals surface area (Å²) in [6, 6.07) is 8.08. The van der Waals surface area contributed by atoms with Crippen LogP contribution in [0.15, 0.2) is 41.4 Å². The van der Waals surface area contributed by atoms with E-state index in [0.717, 1.165) is 6.26 Å². The molecular weight excluding hydrogens is 328 g/mol. The Morgan fingerprint density at radius 2 is 1.83 bits per heavy atom. The maximum Gasteiger partial charge on any atom is 0.359 e. The van der Waals surface area contributed by atoms with Crippen LogP contribution in [0.25, 0.3) is 11.1 Å². The number of rotatable bonds is 3. The molecule has 0 bridgehead atoms. The van der Waals surface area contributed by atoms with Gasteiger partial charge in [0.1, 0.15) is 5.60 Å². The Morgan fingerprint density at radius 3 is 2.38 bits per heavy atom. The minimum absolute atomic E-state index is 0.00510.